The van der Waals surface area contributed by atoms with Crippen LogP contribution in [0.4, 0.5) is 5.69 Å². The first kappa shape index (κ1) is 13.7. The molecule has 1 heterocycles. The first-order valence-corrected chi connectivity index (χ1v) is 5.86. The number of carboxylic acid groups (broad SMARTS) is 2. The third-order valence-electron chi connectivity index (χ3n) is 2.84. The van der Waals surface area contributed by atoms with E-state index in [0.717, 1.165) is 5.56 Å². The molecule has 0 atom stereocenters. The molecule has 20 heavy (non-hydrogen) atoms. The van der Waals surface area contributed by atoms with Crippen molar-refractivity contribution in [2.45, 2.75) is 13.5 Å². The molecule has 0 aliphatic heterocycles. The molecule has 2 rings (SSSR count). The molecule has 0 spiro atoms. The van der Waals surface area contributed by atoms with E-state index in [1.165, 1.54) is 24.5 Å². The minimum atomic E-state index is -1.05. The Balaban J connectivity index is 2.11. The largest absolute Gasteiger partial charge is 0.478 e. The van der Waals surface area contributed by atoms with Gasteiger partial charge in [0.15, 0.2) is 0 Å². The van der Waals surface area contributed by atoms with Gasteiger partial charge in [-0.15, -0.1) is 0 Å². The van der Waals surface area contributed by atoms with Gasteiger partial charge in [0.2, 0.25) is 0 Å². The summed E-state index contributed by atoms with van der Waals surface area (Å²) in [5.41, 5.74) is 1.82. The Hall–Kier alpha value is -2.76. The zero-order valence-corrected chi connectivity index (χ0v) is 10.7. The highest BCUT2D eigenvalue weighted by molar-refractivity contribution is 5.89. The Kier molecular flexibility index (Phi) is 3.74. The number of benzene rings is 1. The van der Waals surface area contributed by atoms with E-state index in [4.69, 9.17) is 14.6 Å². The van der Waals surface area contributed by atoms with E-state index in [0.29, 0.717) is 11.4 Å². The summed E-state index contributed by atoms with van der Waals surface area (Å²) in [7, 11) is 0. The number of hydrogen-bond acceptors (Lipinski definition) is 4. The van der Waals surface area contributed by atoms with Crippen LogP contribution in [0.3, 0.4) is 0 Å². The van der Waals surface area contributed by atoms with Gasteiger partial charge in [0.25, 0.3) is 0 Å². The highest BCUT2D eigenvalue weighted by Gasteiger charge is 2.09. The van der Waals surface area contributed by atoms with E-state index in [1.54, 1.807) is 6.07 Å². The zero-order chi connectivity index (χ0) is 14.7. The van der Waals surface area contributed by atoms with Crippen molar-refractivity contribution in [2.24, 2.45) is 0 Å². The van der Waals surface area contributed by atoms with Gasteiger partial charge in [0.05, 0.1) is 17.7 Å². The third kappa shape index (κ3) is 2.97. The van der Waals surface area contributed by atoms with Gasteiger partial charge in [0.1, 0.15) is 12.0 Å². The molecule has 0 aliphatic carbocycles. The van der Waals surface area contributed by atoms with Crippen molar-refractivity contribution in [3.8, 4) is 0 Å². The van der Waals surface area contributed by atoms with E-state index < -0.39 is 11.9 Å². The maximum absolute atomic E-state index is 10.9. The van der Waals surface area contributed by atoms with Crippen molar-refractivity contribution in [3.63, 3.8) is 0 Å². The Morgan fingerprint density at radius 1 is 1.15 bits per heavy atom. The molecular weight excluding hydrogens is 262 g/mol. The standard InChI is InChI=1S/C14H13NO5/c1-8-2-3-9(13(16)17)5-12(8)15-6-11-4-10(7-20-11)14(18)19/h2-5,7,15H,6H2,1H3,(H,16,17)(H,18,19). The lowest BCUT2D eigenvalue weighted by Gasteiger charge is -2.09. The first-order chi connectivity index (χ1) is 9.47. The summed E-state index contributed by atoms with van der Waals surface area (Å²) in [5.74, 6) is -1.59. The Labute approximate surface area is 114 Å². The summed E-state index contributed by atoms with van der Waals surface area (Å²) in [6, 6.07) is 6.18. The lowest BCUT2D eigenvalue weighted by molar-refractivity contribution is 0.0685. The molecule has 1 aromatic carbocycles. The fourth-order valence-electron chi connectivity index (χ4n) is 1.71. The molecule has 0 saturated heterocycles. The van der Waals surface area contributed by atoms with Crippen LogP contribution < -0.4 is 5.32 Å². The van der Waals surface area contributed by atoms with Crippen molar-refractivity contribution >= 4 is 17.6 Å². The van der Waals surface area contributed by atoms with Crippen molar-refractivity contribution in [3.05, 3.63) is 53.0 Å². The normalized spacial score (nSPS) is 10.2. The topological polar surface area (TPSA) is 99.8 Å². The number of nitrogens with one attached hydrogen (secondary N) is 1. The van der Waals surface area contributed by atoms with Crippen LogP contribution in [0, 0.1) is 6.92 Å². The van der Waals surface area contributed by atoms with Crippen LogP contribution in [-0.4, -0.2) is 22.2 Å². The summed E-state index contributed by atoms with van der Waals surface area (Å²) in [6.45, 7) is 2.12. The van der Waals surface area contributed by atoms with Crippen LogP contribution >= 0.6 is 0 Å². The number of furan rings is 1. The molecule has 2 aromatic rings. The fraction of sp³-hybridized carbons (Fsp3) is 0.143. The number of anilines is 1. The summed E-state index contributed by atoms with van der Waals surface area (Å²) < 4.78 is 5.11. The smallest absolute Gasteiger partial charge is 0.338 e. The molecule has 3 N–H and O–H groups in total. The van der Waals surface area contributed by atoms with E-state index >= 15 is 0 Å². The molecule has 0 saturated carbocycles. The fourth-order valence-corrected chi connectivity index (χ4v) is 1.71. The van der Waals surface area contributed by atoms with Gasteiger partial charge >= 0.3 is 11.9 Å². The average Bonchev–Trinajstić information content (AvgIpc) is 2.86. The van der Waals surface area contributed by atoms with Gasteiger partial charge in [-0.05, 0) is 30.7 Å². The minimum absolute atomic E-state index is 0.0813. The Bertz CT molecular complexity index is 659. The molecule has 0 radical (unpaired) electrons. The van der Waals surface area contributed by atoms with E-state index in [-0.39, 0.29) is 17.7 Å². The van der Waals surface area contributed by atoms with Crippen LogP contribution in [-0.2, 0) is 6.54 Å². The monoisotopic (exact) mass is 275 g/mol. The average molecular weight is 275 g/mol. The number of hydrogen-bond donors (Lipinski definition) is 3. The van der Waals surface area contributed by atoms with Gasteiger partial charge in [-0.1, -0.05) is 6.07 Å². The van der Waals surface area contributed by atoms with E-state index in [2.05, 4.69) is 5.32 Å². The van der Waals surface area contributed by atoms with Gasteiger partial charge in [-0.3, -0.25) is 0 Å². The third-order valence-corrected chi connectivity index (χ3v) is 2.84. The molecule has 6 heteroatoms. The zero-order valence-electron chi connectivity index (χ0n) is 10.7. The molecule has 0 unspecified atom stereocenters. The molecule has 6 nitrogen and oxygen atoms in total. The second-order valence-electron chi connectivity index (χ2n) is 4.30. The summed E-state index contributed by atoms with van der Waals surface area (Å²) in [4.78, 5) is 21.6. The van der Waals surface area contributed by atoms with E-state index in [9.17, 15) is 9.59 Å². The molecule has 104 valence electrons. The van der Waals surface area contributed by atoms with Gasteiger partial charge in [-0.25, -0.2) is 9.59 Å². The van der Waals surface area contributed by atoms with Crippen LogP contribution in [0.25, 0.3) is 0 Å². The molecule has 0 fully saturated rings. The van der Waals surface area contributed by atoms with Crippen molar-refractivity contribution < 1.29 is 24.2 Å². The second kappa shape index (κ2) is 5.48. The van der Waals surface area contributed by atoms with Gasteiger partial charge in [-0.2, -0.15) is 0 Å². The lowest BCUT2D eigenvalue weighted by Crippen LogP contribution is -2.03. The first-order valence-electron chi connectivity index (χ1n) is 5.86. The number of aryl methyl sites for hydroxylation is 1. The quantitative estimate of drug-likeness (QED) is 0.775. The van der Waals surface area contributed by atoms with Crippen LogP contribution in [0.1, 0.15) is 32.0 Å². The van der Waals surface area contributed by atoms with Gasteiger partial charge < -0.3 is 19.9 Å². The SMILES string of the molecule is Cc1ccc(C(=O)O)cc1NCc1cc(C(=O)O)co1. The minimum Gasteiger partial charge on any atom is -0.478 e. The molecule has 1 aromatic heterocycles. The lowest BCUT2D eigenvalue weighted by atomic mass is 10.1. The summed E-state index contributed by atoms with van der Waals surface area (Å²) >= 11 is 0. The van der Waals surface area contributed by atoms with Crippen LogP contribution in [0.15, 0.2) is 34.9 Å². The summed E-state index contributed by atoms with van der Waals surface area (Å²) in [6.07, 6.45) is 1.17. The van der Waals surface area contributed by atoms with E-state index in [1.807, 2.05) is 6.92 Å². The molecule has 0 amide bonds. The van der Waals surface area contributed by atoms with Crippen molar-refractivity contribution in [1.82, 2.24) is 0 Å². The molecular formula is C14H13NO5. The number of carbonyl (C=O) groups is 2. The Morgan fingerprint density at radius 3 is 2.45 bits per heavy atom. The number of carboxylic acids is 2. The highest BCUT2D eigenvalue weighted by atomic mass is 16.4. The van der Waals surface area contributed by atoms with Crippen LogP contribution in [0.5, 0.6) is 0 Å². The highest BCUT2D eigenvalue weighted by Crippen LogP contribution is 2.18. The number of aromatic carboxylic acids is 2. The van der Waals surface area contributed by atoms with Gasteiger partial charge in [0, 0.05) is 5.69 Å². The summed E-state index contributed by atoms with van der Waals surface area (Å²) in [5, 5.41) is 20.7. The maximum atomic E-state index is 10.9. The molecule has 0 aliphatic rings. The predicted octanol–water partition coefficient (Wildman–Crippen LogP) is 2.60. The predicted molar refractivity (Wildman–Crippen MR) is 71.1 cm³/mol. The molecule has 0 bridgehead atoms. The second-order valence-corrected chi connectivity index (χ2v) is 4.30. The van der Waals surface area contributed by atoms with Crippen molar-refractivity contribution in [2.75, 3.05) is 5.32 Å². The Morgan fingerprint density at radius 2 is 1.85 bits per heavy atom. The maximum Gasteiger partial charge on any atom is 0.338 e. The van der Waals surface area contributed by atoms with Crippen molar-refractivity contribution in [1.29, 1.82) is 0 Å². The number of rotatable bonds is 5. The van der Waals surface area contributed by atoms with Crippen LogP contribution in [0.2, 0.25) is 0 Å².